The molecule has 10 nitrogen and oxygen atoms in total. The van der Waals surface area contributed by atoms with Crippen LogP contribution in [0.2, 0.25) is 0 Å². The molecular formula is C13H16N2O8. The third kappa shape index (κ3) is 3.71. The molecule has 0 spiro atoms. The van der Waals surface area contributed by atoms with E-state index in [0.29, 0.717) is 11.3 Å². The zero-order valence-electron chi connectivity index (χ0n) is 12.1. The fourth-order valence-corrected chi connectivity index (χ4v) is 2.24. The van der Waals surface area contributed by atoms with Crippen LogP contribution in [0.3, 0.4) is 0 Å². The number of hydroxylamine groups is 2. The lowest BCUT2D eigenvalue weighted by molar-refractivity contribution is -0.204. The van der Waals surface area contributed by atoms with E-state index < -0.39 is 48.2 Å². The molecule has 0 aliphatic carbocycles. The van der Waals surface area contributed by atoms with Crippen molar-refractivity contribution in [3.8, 4) is 0 Å². The minimum absolute atomic E-state index is 0.0239. The van der Waals surface area contributed by atoms with Crippen LogP contribution in [-0.2, 0) is 28.8 Å². The van der Waals surface area contributed by atoms with Gasteiger partial charge < -0.3 is 15.1 Å². The Hall–Kier alpha value is -2.33. The average Bonchev–Trinajstić information content (AvgIpc) is 3.05. The summed E-state index contributed by atoms with van der Waals surface area (Å²) < 4.78 is 0. The van der Waals surface area contributed by atoms with Gasteiger partial charge in [0.15, 0.2) is 18.0 Å². The fourth-order valence-electron chi connectivity index (χ4n) is 2.24. The number of hydrogen-bond acceptors (Lipinski definition) is 8. The van der Waals surface area contributed by atoms with Crippen molar-refractivity contribution in [1.29, 1.82) is 0 Å². The standard InChI is InChI=1S/C13H16N2O8/c16-7(6-14-8(17)3-4-9(14)18)11(20)12(21)13(22)23-15-5-1-2-10(15)19/h11-12,20-21H,1-6H2/t11-,12+/m0/s1. The minimum atomic E-state index is -2.22. The topological polar surface area (TPSA) is 142 Å². The van der Waals surface area contributed by atoms with E-state index >= 15 is 0 Å². The Bertz CT molecular complexity index is 544. The van der Waals surface area contributed by atoms with Crippen molar-refractivity contribution in [1.82, 2.24) is 9.96 Å². The van der Waals surface area contributed by atoms with Gasteiger partial charge in [-0.2, -0.15) is 5.06 Å². The van der Waals surface area contributed by atoms with E-state index in [2.05, 4.69) is 4.84 Å². The zero-order chi connectivity index (χ0) is 17.1. The Kier molecular flexibility index (Phi) is 5.06. The number of aliphatic hydroxyl groups is 2. The number of imide groups is 1. The van der Waals surface area contributed by atoms with Gasteiger partial charge in [0, 0.05) is 19.3 Å². The van der Waals surface area contributed by atoms with E-state index in [0.717, 1.165) is 5.06 Å². The Morgan fingerprint density at radius 2 is 1.61 bits per heavy atom. The van der Waals surface area contributed by atoms with E-state index in [1.54, 1.807) is 0 Å². The number of ketones is 1. The number of rotatable bonds is 6. The summed E-state index contributed by atoms with van der Waals surface area (Å²) >= 11 is 0. The Morgan fingerprint density at radius 3 is 2.13 bits per heavy atom. The van der Waals surface area contributed by atoms with Crippen LogP contribution in [0.5, 0.6) is 0 Å². The van der Waals surface area contributed by atoms with Crippen LogP contribution in [0, 0.1) is 0 Å². The highest BCUT2D eigenvalue weighted by Crippen LogP contribution is 2.14. The molecule has 0 radical (unpaired) electrons. The molecule has 2 saturated heterocycles. The molecule has 2 rings (SSSR count). The van der Waals surface area contributed by atoms with Crippen molar-refractivity contribution in [2.45, 2.75) is 37.9 Å². The fraction of sp³-hybridized carbons (Fsp3) is 0.615. The van der Waals surface area contributed by atoms with Gasteiger partial charge in [0.2, 0.25) is 11.8 Å². The Balaban J connectivity index is 1.90. The number of nitrogens with zero attached hydrogens (tertiary/aromatic N) is 2. The molecule has 23 heavy (non-hydrogen) atoms. The van der Waals surface area contributed by atoms with Crippen LogP contribution in [0.25, 0.3) is 0 Å². The normalized spacial score (nSPS) is 20.9. The van der Waals surface area contributed by atoms with Crippen molar-refractivity contribution < 1.29 is 39.0 Å². The second-order valence-corrected chi connectivity index (χ2v) is 5.24. The van der Waals surface area contributed by atoms with E-state index in [1.807, 2.05) is 0 Å². The molecule has 0 aromatic carbocycles. The third-order valence-electron chi connectivity index (χ3n) is 3.57. The van der Waals surface area contributed by atoms with Crippen molar-refractivity contribution in [2.75, 3.05) is 13.1 Å². The van der Waals surface area contributed by atoms with Crippen LogP contribution < -0.4 is 0 Å². The summed E-state index contributed by atoms with van der Waals surface area (Å²) in [6, 6.07) is 0. The number of carbonyl (C=O) groups excluding carboxylic acids is 5. The highest BCUT2D eigenvalue weighted by molar-refractivity contribution is 6.05. The highest BCUT2D eigenvalue weighted by Gasteiger charge is 2.38. The Morgan fingerprint density at radius 1 is 1.00 bits per heavy atom. The molecule has 2 fully saturated rings. The predicted octanol–water partition coefficient (Wildman–Crippen LogP) is -2.49. The maximum atomic E-state index is 11.8. The monoisotopic (exact) mass is 328 g/mol. The van der Waals surface area contributed by atoms with E-state index in [4.69, 9.17) is 0 Å². The number of Topliss-reactive ketones (excluding diaryl/α,β-unsaturated/α-hetero) is 1. The largest absolute Gasteiger partial charge is 0.382 e. The molecule has 2 atom stereocenters. The predicted molar refractivity (Wildman–Crippen MR) is 70.0 cm³/mol. The van der Waals surface area contributed by atoms with Crippen LogP contribution in [0.4, 0.5) is 0 Å². The molecule has 0 aromatic rings. The molecule has 126 valence electrons. The van der Waals surface area contributed by atoms with Crippen LogP contribution in [-0.4, -0.2) is 74.9 Å². The molecule has 3 amide bonds. The van der Waals surface area contributed by atoms with E-state index in [-0.39, 0.29) is 25.8 Å². The molecule has 0 saturated carbocycles. The molecule has 2 aliphatic rings. The quantitative estimate of drug-likeness (QED) is 0.510. The van der Waals surface area contributed by atoms with Crippen LogP contribution in [0.1, 0.15) is 25.7 Å². The summed E-state index contributed by atoms with van der Waals surface area (Å²) in [6.45, 7) is -0.566. The molecule has 0 aromatic heterocycles. The summed E-state index contributed by atoms with van der Waals surface area (Å²) in [5.74, 6) is -4.00. The highest BCUT2D eigenvalue weighted by atomic mass is 16.7. The molecule has 0 unspecified atom stereocenters. The van der Waals surface area contributed by atoms with Crippen molar-refractivity contribution in [3.63, 3.8) is 0 Å². The smallest absolute Gasteiger partial charge is 0.363 e. The van der Waals surface area contributed by atoms with Gasteiger partial charge in [-0.3, -0.25) is 24.1 Å². The summed E-state index contributed by atoms with van der Waals surface area (Å²) in [7, 11) is 0. The maximum Gasteiger partial charge on any atom is 0.363 e. The first kappa shape index (κ1) is 17.0. The molecule has 2 aliphatic heterocycles. The lowest BCUT2D eigenvalue weighted by Gasteiger charge is -2.21. The lowest BCUT2D eigenvalue weighted by Crippen LogP contribution is -2.47. The van der Waals surface area contributed by atoms with Crippen molar-refractivity contribution in [3.05, 3.63) is 0 Å². The summed E-state index contributed by atoms with van der Waals surface area (Å²) in [5.41, 5.74) is 0. The van der Waals surface area contributed by atoms with Gasteiger partial charge in [-0.05, 0) is 6.42 Å². The van der Waals surface area contributed by atoms with E-state index in [9.17, 15) is 34.2 Å². The number of amides is 3. The first-order valence-corrected chi connectivity index (χ1v) is 7.05. The molecule has 0 bridgehead atoms. The zero-order valence-corrected chi connectivity index (χ0v) is 12.1. The minimum Gasteiger partial charge on any atom is -0.382 e. The number of aliphatic hydroxyl groups excluding tert-OH is 2. The first-order chi connectivity index (χ1) is 10.8. The van der Waals surface area contributed by atoms with Crippen LogP contribution >= 0.6 is 0 Å². The summed E-state index contributed by atoms with van der Waals surface area (Å²) in [5, 5.41) is 20.1. The lowest BCUT2D eigenvalue weighted by atomic mass is 10.1. The Labute approximate surface area is 130 Å². The SMILES string of the molecule is O=C(CN1C(=O)CCC1=O)[C@H](O)[C@@H](O)C(=O)ON1CCCC1=O. The molecular weight excluding hydrogens is 312 g/mol. The van der Waals surface area contributed by atoms with Gasteiger partial charge in [-0.15, -0.1) is 0 Å². The average molecular weight is 328 g/mol. The molecule has 10 heteroatoms. The number of likely N-dealkylation sites (tertiary alicyclic amines) is 1. The summed E-state index contributed by atoms with van der Waals surface area (Å²) in [6.07, 6.45) is -3.74. The second kappa shape index (κ2) is 6.84. The van der Waals surface area contributed by atoms with Gasteiger partial charge in [0.05, 0.1) is 13.1 Å². The number of carbonyl (C=O) groups is 5. The first-order valence-electron chi connectivity index (χ1n) is 7.05. The van der Waals surface area contributed by atoms with Gasteiger partial charge in [-0.1, -0.05) is 0 Å². The number of hydrogen-bond donors (Lipinski definition) is 2. The maximum absolute atomic E-state index is 11.8. The van der Waals surface area contributed by atoms with E-state index in [1.165, 1.54) is 0 Å². The summed E-state index contributed by atoms with van der Waals surface area (Å²) in [4.78, 5) is 62.8. The molecule has 2 N–H and O–H groups in total. The third-order valence-corrected chi connectivity index (χ3v) is 3.57. The van der Waals surface area contributed by atoms with Gasteiger partial charge in [0.25, 0.3) is 5.91 Å². The van der Waals surface area contributed by atoms with Crippen LogP contribution in [0.15, 0.2) is 0 Å². The van der Waals surface area contributed by atoms with Crippen molar-refractivity contribution >= 4 is 29.5 Å². The second-order valence-electron chi connectivity index (χ2n) is 5.24. The van der Waals surface area contributed by atoms with Gasteiger partial charge in [-0.25, -0.2) is 4.79 Å². The van der Waals surface area contributed by atoms with Crippen molar-refractivity contribution in [2.24, 2.45) is 0 Å². The van der Waals surface area contributed by atoms with Gasteiger partial charge >= 0.3 is 5.97 Å². The molecule has 2 heterocycles. The van der Waals surface area contributed by atoms with Gasteiger partial charge in [0.1, 0.15) is 0 Å².